The lowest BCUT2D eigenvalue weighted by Crippen LogP contribution is -2.47. The van der Waals surface area contributed by atoms with Crippen LogP contribution in [0.25, 0.3) is 0 Å². The van der Waals surface area contributed by atoms with Crippen LogP contribution in [0.4, 0.5) is 0 Å². The highest BCUT2D eigenvalue weighted by Crippen LogP contribution is 2.25. The molecule has 0 aliphatic rings. The van der Waals surface area contributed by atoms with Crippen LogP contribution in [0.15, 0.2) is 60.7 Å². The Morgan fingerprint density at radius 2 is 1.52 bits per heavy atom. The molecule has 0 heterocycles. The van der Waals surface area contributed by atoms with Crippen molar-refractivity contribution >= 4 is 34.5 Å². The summed E-state index contributed by atoms with van der Waals surface area (Å²) in [6, 6.07) is 16.2. The summed E-state index contributed by atoms with van der Waals surface area (Å²) in [6.45, 7) is 2.86. The predicted molar refractivity (Wildman–Crippen MR) is 112 cm³/mol. The third kappa shape index (κ3) is 6.57. The van der Waals surface area contributed by atoms with E-state index in [0.717, 1.165) is 17.3 Å². The molecular formula is C22H23NO5S. The van der Waals surface area contributed by atoms with Crippen LogP contribution in [0.1, 0.15) is 29.8 Å². The van der Waals surface area contributed by atoms with Crippen molar-refractivity contribution in [1.82, 2.24) is 5.32 Å². The molecule has 0 radical (unpaired) electrons. The molecule has 0 aliphatic heterocycles. The lowest BCUT2D eigenvalue weighted by molar-refractivity contribution is -0.142. The van der Waals surface area contributed by atoms with Gasteiger partial charge < -0.3 is 10.4 Å². The summed E-state index contributed by atoms with van der Waals surface area (Å²) >= 11 is 0.782. The van der Waals surface area contributed by atoms with Gasteiger partial charge in [-0.15, -0.1) is 0 Å². The van der Waals surface area contributed by atoms with Gasteiger partial charge in [-0.3, -0.25) is 14.4 Å². The summed E-state index contributed by atoms with van der Waals surface area (Å²) < 4.78 is 0. The Morgan fingerprint density at radius 1 is 0.966 bits per heavy atom. The van der Waals surface area contributed by atoms with Crippen molar-refractivity contribution in [2.24, 2.45) is 5.92 Å². The fourth-order valence-corrected chi connectivity index (χ4v) is 3.75. The highest BCUT2D eigenvalue weighted by molar-refractivity contribution is 8.14. The van der Waals surface area contributed by atoms with Gasteiger partial charge >= 0.3 is 5.97 Å². The number of ketones is 1. The molecule has 0 saturated carbocycles. The maximum Gasteiger partial charge on any atom is 0.326 e. The number of carbonyl (C=O) groups excluding carboxylic acids is 3. The molecule has 2 aromatic rings. The van der Waals surface area contributed by atoms with Gasteiger partial charge in [0.2, 0.25) is 5.91 Å². The normalized spacial score (nSPS) is 13.7. The van der Waals surface area contributed by atoms with E-state index < -0.39 is 29.1 Å². The number of carboxylic acid groups (broad SMARTS) is 1. The first kappa shape index (κ1) is 22.4. The van der Waals surface area contributed by atoms with Gasteiger partial charge in [0.05, 0.1) is 11.2 Å². The molecule has 0 aliphatic carbocycles. The maximum absolute atomic E-state index is 12.9. The van der Waals surface area contributed by atoms with Crippen LogP contribution in [0.5, 0.6) is 0 Å². The van der Waals surface area contributed by atoms with Gasteiger partial charge in [0.25, 0.3) is 0 Å². The monoisotopic (exact) mass is 413 g/mol. The Kier molecular flexibility index (Phi) is 8.15. The number of Topliss-reactive ketones (excluding diaryl/α,β-unsaturated/α-hetero) is 1. The summed E-state index contributed by atoms with van der Waals surface area (Å²) in [6.07, 6.45) is 0.117. The number of rotatable bonds is 9. The molecular weight excluding hydrogens is 390 g/mol. The van der Waals surface area contributed by atoms with E-state index in [9.17, 15) is 24.3 Å². The quantitative estimate of drug-likeness (QED) is 0.613. The smallest absolute Gasteiger partial charge is 0.326 e. The second-order valence-electron chi connectivity index (χ2n) is 6.64. The number of benzene rings is 2. The zero-order valence-corrected chi connectivity index (χ0v) is 17.0. The van der Waals surface area contributed by atoms with Crippen LogP contribution in [-0.4, -0.2) is 39.2 Å². The zero-order chi connectivity index (χ0) is 21.4. The molecule has 0 aromatic heterocycles. The third-order valence-electron chi connectivity index (χ3n) is 4.37. The Morgan fingerprint density at radius 3 is 2.03 bits per heavy atom. The topological polar surface area (TPSA) is 101 Å². The van der Waals surface area contributed by atoms with Crippen molar-refractivity contribution in [3.05, 3.63) is 71.8 Å². The number of thioether (sulfide) groups is 1. The SMILES string of the molecule is CC(=O)SC(C(=O)c1ccccc1)C(C)C(=O)N[C@@H](Cc1ccccc1)C(=O)O. The first-order valence-corrected chi connectivity index (χ1v) is 10.0. The van der Waals surface area contributed by atoms with E-state index in [4.69, 9.17) is 0 Å². The number of hydrogen-bond donors (Lipinski definition) is 2. The minimum absolute atomic E-state index is 0.117. The summed E-state index contributed by atoms with van der Waals surface area (Å²) in [5, 5.41) is 10.8. The van der Waals surface area contributed by atoms with Crippen molar-refractivity contribution in [1.29, 1.82) is 0 Å². The Balaban J connectivity index is 2.17. The molecule has 6 nitrogen and oxygen atoms in total. The van der Waals surface area contributed by atoms with E-state index in [1.807, 2.05) is 6.07 Å². The molecule has 152 valence electrons. The van der Waals surface area contributed by atoms with Crippen LogP contribution in [0, 0.1) is 5.92 Å². The number of aliphatic carboxylic acids is 1. The Labute approximate surface area is 173 Å². The highest BCUT2D eigenvalue weighted by Gasteiger charge is 2.34. The molecule has 1 amide bonds. The highest BCUT2D eigenvalue weighted by atomic mass is 32.2. The number of hydrogen-bond acceptors (Lipinski definition) is 5. The van der Waals surface area contributed by atoms with Gasteiger partial charge in [-0.1, -0.05) is 79.3 Å². The van der Waals surface area contributed by atoms with Gasteiger partial charge in [-0.2, -0.15) is 0 Å². The van der Waals surface area contributed by atoms with E-state index in [-0.39, 0.29) is 17.3 Å². The first-order chi connectivity index (χ1) is 13.8. The third-order valence-corrected chi connectivity index (χ3v) is 5.58. The van der Waals surface area contributed by atoms with Gasteiger partial charge in [0, 0.05) is 18.9 Å². The van der Waals surface area contributed by atoms with Crippen molar-refractivity contribution in [2.75, 3.05) is 0 Å². The average Bonchev–Trinajstić information content (AvgIpc) is 2.71. The summed E-state index contributed by atoms with van der Waals surface area (Å²) in [4.78, 5) is 48.9. The van der Waals surface area contributed by atoms with Crippen LogP contribution >= 0.6 is 11.8 Å². The summed E-state index contributed by atoms with van der Waals surface area (Å²) in [5.41, 5.74) is 1.16. The number of amides is 1. The largest absolute Gasteiger partial charge is 0.480 e. The molecule has 3 atom stereocenters. The lowest BCUT2D eigenvalue weighted by atomic mass is 9.97. The molecule has 2 N–H and O–H groups in total. The standard InChI is InChI=1S/C22H23NO5S/c1-14(20(29-15(2)24)19(25)17-11-7-4-8-12-17)21(26)23-18(22(27)28)13-16-9-5-3-6-10-16/h3-12,14,18,20H,13H2,1-2H3,(H,23,26)(H,27,28)/t14?,18-,20?/m0/s1. The fraction of sp³-hybridized carbons (Fsp3) is 0.273. The molecule has 2 rings (SSSR count). The van der Waals surface area contributed by atoms with E-state index in [2.05, 4.69) is 5.32 Å². The second kappa shape index (κ2) is 10.6. The van der Waals surface area contributed by atoms with Crippen molar-refractivity contribution < 1.29 is 24.3 Å². The molecule has 7 heteroatoms. The van der Waals surface area contributed by atoms with E-state index in [0.29, 0.717) is 5.56 Å². The lowest BCUT2D eigenvalue weighted by Gasteiger charge is -2.23. The first-order valence-electron chi connectivity index (χ1n) is 9.13. The Hall–Kier alpha value is -2.93. The molecule has 29 heavy (non-hydrogen) atoms. The van der Waals surface area contributed by atoms with E-state index >= 15 is 0 Å². The molecule has 0 fully saturated rings. The maximum atomic E-state index is 12.9. The van der Waals surface area contributed by atoms with Crippen molar-refractivity contribution in [3.63, 3.8) is 0 Å². The van der Waals surface area contributed by atoms with Crippen LogP contribution in [0.2, 0.25) is 0 Å². The fourth-order valence-electron chi connectivity index (χ4n) is 2.82. The van der Waals surface area contributed by atoms with Crippen LogP contribution < -0.4 is 5.32 Å². The second-order valence-corrected chi connectivity index (χ2v) is 7.96. The van der Waals surface area contributed by atoms with Gasteiger partial charge in [0.1, 0.15) is 6.04 Å². The van der Waals surface area contributed by atoms with Crippen LogP contribution in [-0.2, 0) is 20.8 Å². The zero-order valence-electron chi connectivity index (χ0n) is 16.2. The van der Waals surface area contributed by atoms with Gasteiger partial charge in [-0.25, -0.2) is 4.79 Å². The van der Waals surface area contributed by atoms with Crippen molar-refractivity contribution in [3.8, 4) is 0 Å². The summed E-state index contributed by atoms with van der Waals surface area (Å²) in [7, 11) is 0. The number of nitrogens with one attached hydrogen (secondary N) is 1. The van der Waals surface area contributed by atoms with Crippen LogP contribution in [0.3, 0.4) is 0 Å². The Bertz CT molecular complexity index is 869. The molecule has 2 unspecified atom stereocenters. The molecule has 0 spiro atoms. The minimum atomic E-state index is -1.17. The molecule has 2 aromatic carbocycles. The van der Waals surface area contributed by atoms with Crippen molar-refractivity contribution in [2.45, 2.75) is 31.6 Å². The summed E-state index contributed by atoms with van der Waals surface area (Å²) in [5.74, 6) is -2.99. The van der Waals surface area contributed by atoms with Gasteiger partial charge in [0.15, 0.2) is 10.9 Å². The minimum Gasteiger partial charge on any atom is -0.480 e. The predicted octanol–water partition coefficient (Wildman–Crippen LogP) is 2.97. The van der Waals surface area contributed by atoms with Gasteiger partial charge in [-0.05, 0) is 5.56 Å². The van der Waals surface area contributed by atoms with E-state index in [1.165, 1.54) is 13.8 Å². The molecule has 0 bridgehead atoms. The average molecular weight is 413 g/mol. The number of carbonyl (C=O) groups is 4. The van der Waals surface area contributed by atoms with E-state index in [1.54, 1.807) is 54.6 Å². The number of carboxylic acids is 1. The molecule has 0 saturated heterocycles.